The van der Waals surface area contributed by atoms with Gasteiger partial charge in [0.05, 0.1) is 13.7 Å². The van der Waals surface area contributed by atoms with Crippen LogP contribution in [-0.2, 0) is 0 Å². The van der Waals surface area contributed by atoms with E-state index in [0.29, 0.717) is 29.9 Å². The van der Waals surface area contributed by atoms with E-state index in [1.54, 1.807) is 7.11 Å². The number of anilines is 1. The lowest BCUT2D eigenvalue weighted by Crippen LogP contribution is -2.29. The van der Waals surface area contributed by atoms with Crippen LogP contribution in [0.5, 0.6) is 11.5 Å². The standard InChI is InChI=1S/C16H20N3O3/c1-3-21-13-8-7-12(11-14(13)20-2)15-17-16(22-18-15)19-9-5-4-6-10-19/h4,7-8,11H,3,5-6,9-10H2,1-2H3. The van der Waals surface area contributed by atoms with Crippen molar-refractivity contribution in [2.75, 3.05) is 31.7 Å². The Hall–Kier alpha value is -2.24. The zero-order chi connectivity index (χ0) is 15.4. The lowest BCUT2D eigenvalue weighted by molar-refractivity contribution is 0.311. The molecule has 0 spiro atoms. The lowest BCUT2D eigenvalue weighted by atomic mass is 10.1. The highest BCUT2D eigenvalue weighted by molar-refractivity contribution is 5.61. The minimum absolute atomic E-state index is 0.561. The summed E-state index contributed by atoms with van der Waals surface area (Å²) in [6.45, 7) is 4.38. The number of piperidine rings is 1. The van der Waals surface area contributed by atoms with Crippen molar-refractivity contribution in [2.45, 2.75) is 19.8 Å². The van der Waals surface area contributed by atoms with Crippen LogP contribution < -0.4 is 14.4 Å². The van der Waals surface area contributed by atoms with Crippen molar-refractivity contribution in [1.29, 1.82) is 0 Å². The number of nitrogens with zero attached hydrogens (tertiary/aromatic N) is 3. The summed E-state index contributed by atoms with van der Waals surface area (Å²) >= 11 is 0. The number of hydrogen-bond acceptors (Lipinski definition) is 6. The van der Waals surface area contributed by atoms with Crippen LogP contribution in [0.2, 0.25) is 0 Å². The normalized spacial score (nSPS) is 14.9. The fourth-order valence-electron chi connectivity index (χ4n) is 2.48. The van der Waals surface area contributed by atoms with Gasteiger partial charge in [0.15, 0.2) is 11.5 Å². The summed E-state index contributed by atoms with van der Waals surface area (Å²) in [4.78, 5) is 6.61. The first-order chi connectivity index (χ1) is 10.8. The summed E-state index contributed by atoms with van der Waals surface area (Å²) in [5, 5.41) is 4.08. The van der Waals surface area contributed by atoms with Gasteiger partial charge in [-0.3, -0.25) is 0 Å². The van der Waals surface area contributed by atoms with Gasteiger partial charge in [0.25, 0.3) is 0 Å². The van der Waals surface area contributed by atoms with Crippen LogP contribution in [0.15, 0.2) is 22.7 Å². The van der Waals surface area contributed by atoms with E-state index in [1.165, 1.54) is 0 Å². The van der Waals surface area contributed by atoms with E-state index < -0.39 is 0 Å². The molecular weight excluding hydrogens is 282 g/mol. The van der Waals surface area contributed by atoms with Crippen LogP contribution in [0.1, 0.15) is 19.8 Å². The van der Waals surface area contributed by atoms with Gasteiger partial charge in [-0.2, -0.15) is 4.98 Å². The van der Waals surface area contributed by atoms with Gasteiger partial charge in [0.2, 0.25) is 5.82 Å². The van der Waals surface area contributed by atoms with Gasteiger partial charge in [-0.25, -0.2) is 0 Å². The van der Waals surface area contributed by atoms with Crippen LogP contribution in [0.25, 0.3) is 11.4 Å². The van der Waals surface area contributed by atoms with Crippen LogP contribution in [0, 0.1) is 6.42 Å². The first-order valence-corrected chi connectivity index (χ1v) is 7.53. The molecule has 1 aliphatic heterocycles. The molecule has 0 atom stereocenters. The lowest BCUT2D eigenvalue weighted by Gasteiger charge is -2.23. The molecule has 6 nitrogen and oxygen atoms in total. The van der Waals surface area contributed by atoms with E-state index in [2.05, 4.69) is 21.5 Å². The van der Waals surface area contributed by atoms with Gasteiger partial charge in [-0.1, -0.05) is 5.16 Å². The smallest absolute Gasteiger partial charge is 0.324 e. The molecule has 0 N–H and O–H groups in total. The molecule has 0 unspecified atom stereocenters. The van der Waals surface area contributed by atoms with Gasteiger partial charge in [0, 0.05) is 18.7 Å². The third kappa shape index (κ3) is 3.00. The first kappa shape index (κ1) is 14.7. The van der Waals surface area contributed by atoms with Gasteiger partial charge in [-0.05, 0) is 44.4 Å². The predicted molar refractivity (Wildman–Crippen MR) is 83.2 cm³/mol. The average molecular weight is 302 g/mol. The fraction of sp³-hybridized carbons (Fsp3) is 0.438. The number of aromatic nitrogens is 2. The molecule has 1 aromatic carbocycles. The summed E-state index contributed by atoms with van der Waals surface area (Å²) in [6, 6.07) is 6.22. The molecule has 0 saturated carbocycles. The van der Waals surface area contributed by atoms with Gasteiger partial charge in [0.1, 0.15) is 0 Å². The fourth-order valence-corrected chi connectivity index (χ4v) is 2.48. The Kier molecular flexibility index (Phi) is 4.46. The van der Waals surface area contributed by atoms with Crippen LogP contribution in [0.3, 0.4) is 0 Å². The van der Waals surface area contributed by atoms with Gasteiger partial charge >= 0.3 is 6.01 Å². The molecule has 2 aromatic rings. The van der Waals surface area contributed by atoms with E-state index in [0.717, 1.165) is 31.5 Å². The second-order valence-corrected chi connectivity index (χ2v) is 5.05. The number of methoxy groups -OCH3 is 1. The van der Waals surface area contributed by atoms with E-state index in [9.17, 15) is 0 Å². The van der Waals surface area contributed by atoms with Crippen molar-refractivity contribution in [2.24, 2.45) is 0 Å². The second-order valence-electron chi connectivity index (χ2n) is 5.05. The highest BCUT2D eigenvalue weighted by Gasteiger charge is 2.18. The van der Waals surface area contributed by atoms with Crippen molar-refractivity contribution in [3.8, 4) is 22.9 Å². The van der Waals surface area contributed by atoms with Crippen molar-refractivity contribution in [3.05, 3.63) is 24.6 Å². The summed E-state index contributed by atoms with van der Waals surface area (Å²) in [5.74, 6) is 1.94. The molecule has 22 heavy (non-hydrogen) atoms. The van der Waals surface area contributed by atoms with Crippen molar-refractivity contribution in [1.82, 2.24) is 10.1 Å². The molecular formula is C16H20N3O3. The highest BCUT2D eigenvalue weighted by atomic mass is 16.5. The number of rotatable bonds is 5. The van der Waals surface area contributed by atoms with Crippen molar-refractivity contribution < 1.29 is 14.0 Å². The highest BCUT2D eigenvalue weighted by Crippen LogP contribution is 2.32. The molecule has 1 saturated heterocycles. The molecule has 1 radical (unpaired) electrons. The second kappa shape index (κ2) is 6.68. The molecule has 6 heteroatoms. The maximum Gasteiger partial charge on any atom is 0.324 e. The Morgan fingerprint density at radius 1 is 1.23 bits per heavy atom. The summed E-state index contributed by atoms with van der Waals surface area (Å²) < 4.78 is 16.3. The van der Waals surface area contributed by atoms with Crippen LogP contribution >= 0.6 is 0 Å². The van der Waals surface area contributed by atoms with Gasteiger partial charge < -0.3 is 18.9 Å². The van der Waals surface area contributed by atoms with Crippen molar-refractivity contribution in [3.63, 3.8) is 0 Å². The average Bonchev–Trinajstić information content (AvgIpc) is 3.06. The van der Waals surface area contributed by atoms with Gasteiger partial charge in [-0.15, -0.1) is 0 Å². The number of hydrogen-bond donors (Lipinski definition) is 0. The Morgan fingerprint density at radius 3 is 2.77 bits per heavy atom. The molecule has 0 aliphatic carbocycles. The maximum atomic E-state index is 5.52. The van der Waals surface area contributed by atoms with E-state index in [-0.39, 0.29) is 0 Å². The zero-order valence-electron chi connectivity index (χ0n) is 12.9. The number of ether oxygens (including phenoxy) is 2. The van der Waals surface area contributed by atoms with E-state index >= 15 is 0 Å². The number of benzene rings is 1. The predicted octanol–water partition coefficient (Wildman–Crippen LogP) is 2.95. The molecule has 0 amide bonds. The van der Waals surface area contributed by atoms with Crippen LogP contribution in [0.4, 0.5) is 6.01 Å². The Bertz CT molecular complexity index is 621. The minimum Gasteiger partial charge on any atom is -0.493 e. The molecule has 2 heterocycles. The Labute approximate surface area is 130 Å². The largest absolute Gasteiger partial charge is 0.493 e. The third-order valence-corrected chi connectivity index (χ3v) is 3.61. The van der Waals surface area contributed by atoms with E-state index in [4.69, 9.17) is 14.0 Å². The maximum absolute atomic E-state index is 5.52. The summed E-state index contributed by atoms with van der Waals surface area (Å²) in [6.07, 6.45) is 4.38. The SMILES string of the molecule is CCOc1ccc(-c2noc(N3CC[CH]CC3)n2)cc1OC. The van der Waals surface area contributed by atoms with Crippen molar-refractivity contribution >= 4 is 6.01 Å². The molecule has 0 bridgehead atoms. The van der Waals surface area contributed by atoms with E-state index in [1.807, 2.05) is 25.1 Å². The topological polar surface area (TPSA) is 60.6 Å². The molecule has 1 fully saturated rings. The quantitative estimate of drug-likeness (QED) is 0.846. The first-order valence-electron chi connectivity index (χ1n) is 7.53. The Morgan fingerprint density at radius 2 is 2.05 bits per heavy atom. The zero-order valence-corrected chi connectivity index (χ0v) is 12.9. The minimum atomic E-state index is 0.561. The molecule has 1 aromatic heterocycles. The van der Waals surface area contributed by atoms with Crippen LogP contribution in [-0.4, -0.2) is 36.9 Å². The summed E-state index contributed by atoms with van der Waals surface area (Å²) in [7, 11) is 1.62. The molecule has 3 rings (SSSR count). The molecule has 1 aliphatic rings. The summed E-state index contributed by atoms with van der Waals surface area (Å²) in [5.41, 5.74) is 0.846. The monoisotopic (exact) mass is 302 g/mol. The molecule has 117 valence electrons. The third-order valence-electron chi connectivity index (χ3n) is 3.61. The Balaban J connectivity index is 1.83.